The third-order valence-corrected chi connectivity index (χ3v) is 4.86. The monoisotopic (exact) mass is 264 g/mol. The van der Waals surface area contributed by atoms with Gasteiger partial charge < -0.3 is 4.90 Å². The highest BCUT2D eigenvalue weighted by Gasteiger charge is 2.24. The van der Waals surface area contributed by atoms with Crippen LogP contribution in [0.4, 0.5) is 0 Å². The minimum atomic E-state index is 0.922. The van der Waals surface area contributed by atoms with Crippen molar-refractivity contribution in [2.45, 2.75) is 31.6 Å². The van der Waals surface area contributed by atoms with Gasteiger partial charge in [-0.15, -0.1) is 11.8 Å². The number of piperidine rings is 1. The maximum atomic E-state index is 2.41. The van der Waals surface area contributed by atoms with Crippen molar-refractivity contribution >= 4 is 11.8 Å². The molecule has 0 aliphatic carbocycles. The van der Waals surface area contributed by atoms with Crippen LogP contribution in [0.25, 0.3) is 0 Å². The Morgan fingerprint density at radius 2 is 1.78 bits per heavy atom. The molecule has 0 amide bonds. The van der Waals surface area contributed by atoms with Gasteiger partial charge in [0.1, 0.15) is 0 Å². The van der Waals surface area contributed by atoms with Crippen molar-refractivity contribution in [3.63, 3.8) is 0 Å². The van der Waals surface area contributed by atoms with Crippen LogP contribution in [0.5, 0.6) is 0 Å². The third kappa shape index (κ3) is 4.66. The van der Waals surface area contributed by atoms with Crippen molar-refractivity contribution in [2.24, 2.45) is 11.8 Å². The number of benzene rings is 1. The quantitative estimate of drug-likeness (QED) is 0.633. The lowest BCUT2D eigenvalue weighted by molar-refractivity contribution is -0.912. The van der Waals surface area contributed by atoms with Crippen LogP contribution in [0.3, 0.4) is 0 Å². The highest BCUT2D eigenvalue weighted by molar-refractivity contribution is 7.99. The van der Waals surface area contributed by atoms with E-state index < -0.39 is 0 Å². The number of likely N-dealkylation sites (tertiary alicyclic amines) is 1. The van der Waals surface area contributed by atoms with Gasteiger partial charge in [-0.1, -0.05) is 32.0 Å². The summed E-state index contributed by atoms with van der Waals surface area (Å²) in [4.78, 5) is 3.24. The van der Waals surface area contributed by atoms with Crippen LogP contribution in [0.2, 0.25) is 0 Å². The Morgan fingerprint density at radius 1 is 1.11 bits per heavy atom. The van der Waals surface area contributed by atoms with Crippen molar-refractivity contribution in [1.29, 1.82) is 0 Å². The van der Waals surface area contributed by atoms with Gasteiger partial charge in [0, 0.05) is 28.9 Å². The van der Waals surface area contributed by atoms with Crippen LogP contribution in [0, 0.1) is 11.8 Å². The van der Waals surface area contributed by atoms with Crippen molar-refractivity contribution in [1.82, 2.24) is 0 Å². The second kappa shape index (κ2) is 7.20. The number of nitrogens with one attached hydrogen (secondary N) is 1. The molecule has 1 nitrogen and oxygen atoms in total. The van der Waals surface area contributed by atoms with Gasteiger partial charge in [-0.3, -0.25) is 0 Å². The largest absolute Gasteiger partial charge is 0.334 e. The summed E-state index contributed by atoms with van der Waals surface area (Å²) in [7, 11) is 0. The molecule has 0 radical (unpaired) electrons. The minimum Gasteiger partial charge on any atom is -0.334 e. The molecule has 1 unspecified atom stereocenters. The molecule has 2 heteroatoms. The normalized spacial score (nSPS) is 28.2. The molecule has 0 aromatic heterocycles. The molecule has 1 aromatic rings. The minimum absolute atomic E-state index is 0.922. The lowest BCUT2D eigenvalue weighted by Crippen LogP contribution is -3.14. The Balaban J connectivity index is 1.63. The van der Waals surface area contributed by atoms with Gasteiger partial charge in [-0.2, -0.15) is 0 Å². The zero-order valence-corrected chi connectivity index (χ0v) is 12.5. The van der Waals surface area contributed by atoms with Crippen molar-refractivity contribution in [3.05, 3.63) is 30.3 Å². The first-order valence-electron chi connectivity index (χ1n) is 7.25. The summed E-state index contributed by atoms with van der Waals surface area (Å²) in [5, 5.41) is 0. The van der Waals surface area contributed by atoms with Crippen LogP contribution in [0.15, 0.2) is 35.2 Å². The Labute approximate surface area is 116 Å². The van der Waals surface area contributed by atoms with Gasteiger partial charge >= 0.3 is 0 Å². The second-order valence-corrected chi connectivity index (χ2v) is 7.04. The third-order valence-electron chi connectivity index (χ3n) is 3.77. The second-order valence-electron chi connectivity index (χ2n) is 5.87. The van der Waals surface area contributed by atoms with Gasteiger partial charge in [-0.25, -0.2) is 0 Å². The lowest BCUT2D eigenvalue weighted by Gasteiger charge is -2.31. The first-order chi connectivity index (χ1) is 8.74. The number of hydrogen-bond donors (Lipinski definition) is 1. The summed E-state index contributed by atoms with van der Waals surface area (Å²) in [6.45, 7) is 8.96. The molecule has 100 valence electrons. The van der Waals surface area contributed by atoms with Gasteiger partial charge in [0.2, 0.25) is 0 Å². The van der Waals surface area contributed by atoms with E-state index >= 15 is 0 Å². The van der Waals surface area contributed by atoms with E-state index in [1.165, 1.54) is 43.1 Å². The van der Waals surface area contributed by atoms with E-state index in [4.69, 9.17) is 0 Å². The average molecular weight is 264 g/mol. The maximum Gasteiger partial charge on any atom is 0.0797 e. The zero-order valence-electron chi connectivity index (χ0n) is 11.7. The predicted molar refractivity (Wildman–Crippen MR) is 80.3 cm³/mol. The smallest absolute Gasteiger partial charge is 0.0797 e. The summed E-state index contributed by atoms with van der Waals surface area (Å²) in [6, 6.07) is 10.8. The van der Waals surface area contributed by atoms with Gasteiger partial charge in [0.05, 0.1) is 19.6 Å². The molecular weight excluding hydrogens is 238 g/mol. The lowest BCUT2D eigenvalue weighted by atomic mass is 9.92. The summed E-state index contributed by atoms with van der Waals surface area (Å²) in [6.07, 6.45) is 2.77. The van der Waals surface area contributed by atoms with Crippen molar-refractivity contribution in [3.8, 4) is 0 Å². The fourth-order valence-electron chi connectivity index (χ4n) is 3.16. The fraction of sp³-hybridized carbons (Fsp3) is 0.625. The molecule has 2 rings (SSSR count). The van der Waals surface area contributed by atoms with Gasteiger partial charge in [0.25, 0.3) is 0 Å². The molecule has 0 spiro atoms. The maximum absolute atomic E-state index is 2.41. The molecule has 1 fully saturated rings. The van der Waals surface area contributed by atoms with E-state index in [2.05, 4.69) is 44.2 Å². The first kappa shape index (κ1) is 14.0. The van der Waals surface area contributed by atoms with Crippen LogP contribution >= 0.6 is 11.8 Å². The number of hydrogen-bond acceptors (Lipinski definition) is 1. The van der Waals surface area contributed by atoms with E-state index in [1.807, 2.05) is 16.7 Å². The Morgan fingerprint density at radius 3 is 2.44 bits per heavy atom. The van der Waals surface area contributed by atoms with Crippen molar-refractivity contribution in [2.75, 3.05) is 25.4 Å². The Kier molecular flexibility index (Phi) is 5.58. The molecule has 1 aromatic carbocycles. The van der Waals surface area contributed by atoms with E-state index in [-0.39, 0.29) is 0 Å². The van der Waals surface area contributed by atoms with Crippen molar-refractivity contribution < 1.29 is 4.90 Å². The van der Waals surface area contributed by atoms with Crippen LogP contribution in [-0.2, 0) is 0 Å². The van der Waals surface area contributed by atoms with E-state index in [0.717, 1.165) is 11.8 Å². The Bertz CT molecular complexity index is 328. The predicted octanol–water partition coefficient (Wildman–Crippen LogP) is 2.73. The highest BCUT2D eigenvalue weighted by Crippen LogP contribution is 2.17. The molecule has 0 saturated carbocycles. The number of rotatable bonds is 5. The SMILES string of the molecule is C[C@@H]1C[C@H](C)C[NH+](CCCSc2ccccc2)C1. The number of thioether (sulfide) groups is 1. The molecule has 18 heavy (non-hydrogen) atoms. The van der Waals surface area contributed by atoms with E-state index in [9.17, 15) is 0 Å². The summed E-state index contributed by atoms with van der Waals surface area (Å²) >= 11 is 2.00. The van der Waals surface area contributed by atoms with Crippen LogP contribution in [-0.4, -0.2) is 25.4 Å². The molecule has 1 N–H and O–H groups in total. The number of quaternary nitrogens is 1. The summed E-state index contributed by atoms with van der Waals surface area (Å²) < 4.78 is 0. The van der Waals surface area contributed by atoms with Gasteiger partial charge in [0.15, 0.2) is 0 Å². The molecule has 1 aliphatic rings. The Hall–Kier alpha value is -0.470. The summed E-state index contributed by atoms with van der Waals surface area (Å²) in [5.74, 6) is 3.10. The molecular formula is C16H26NS+. The van der Waals surface area contributed by atoms with Crippen LogP contribution < -0.4 is 4.90 Å². The fourth-order valence-corrected chi connectivity index (χ4v) is 4.03. The standard InChI is InChI=1S/C16H25NS/c1-14-11-15(2)13-17(12-14)9-6-10-18-16-7-4-3-5-8-16/h3-5,7-8,14-15H,6,9-13H2,1-2H3/p+1/t14-,15+. The molecule has 1 aliphatic heterocycles. The van der Waals surface area contributed by atoms with Crippen LogP contribution in [0.1, 0.15) is 26.7 Å². The molecule has 1 saturated heterocycles. The molecule has 3 atom stereocenters. The molecule has 1 heterocycles. The molecule has 0 bridgehead atoms. The highest BCUT2D eigenvalue weighted by atomic mass is 32.2. The topological polar surface area (TPSA) is 4.44 Å². The average Bonchev–Trinajstić information content (AvgIpc) is 2.35. The first-order valence-corrected chi connectivity index (χ1v) is 8.24. The van der Waals surface area contributed by atoms with E-state index in [0.29, 0.717) is 0 Å². The van der Waals surface area contributed by atoms with E-state index in [1.54, 1.807) is 0 Å². The van der Waals surface area contributed by atoms with Gasteiger partial charge in [-0.05, 0) is 18.6 Å². The zero-order chi connectivity index (χ0) is 12.8. The summed E-state index contributed by atoms with van der Waals surface area (Å²) in [5.41, 5.74) is 0.